The molecule has 0 radical (unpaired) electrons. The quantitative estimate of drug-likeness (QED) is 0.489. The van der Waals surface area contributed by atoms with Crippen LogP contribution in [0.5, 0.6) is 11.5 Å². The van der Waals surface area contributed by atoms with Crippen molar-refractivity contribution in [1.82, 2.24) is 19.8 Å². The van der Waals surface area contributed by atoms with Gasteiger partial charge in [0.25, 0.3) is 0 Å². The third-order valence-corrected chi connectivity index (χ3v) is 6.18. The van der Waals surface area contributed by atoms with Crippen LogP contribution in [-0.2, 0) is 4.79 Å². The molecule has 2 aliphatic rings. The zero-order chi connectivity index (χ0) is 20.5. The Morgan fingerprint density at radius 1 is 1.20 bits per heavy atom. The molecule has 0 bridgehead atoms. The van der Waals surface area contributed by atoms with Gasteiger partial charge in [-0.05, 0) is 42.7 Å². The first-order chi connectivity index (χ1) is 14.7. The molecular weight excluding hydrogens is 406 g/mol. The minimum Gasteiger partial charge on any atom is -0.486 e. The van der Waals surface area contributed by atoms with E-state index in [0.29, 0.717) is 30.0 Å². The first-order valence-corrected chi connectivity index (χ1v) is 10.8. The Bertz CT molecular complexity index is 1050. The fraction of sp³-hybridized carbons (Fsp3) is 0.350. The molecule has 1 saturated heterocycles. The van der Waals surface area contributed by atoms with Gasteiger partial charge in [-0.2, -0.15) is 0 Å². The number of furan rings is 1. The summed E-state index contributed by atoms with van der Waals surface area (Å²) in [5, 5.41) is 8.61. The third kappa shape index (κ3) is 3.47. The van der Waals surface area contributed by atoms with E-state index in [4.69, 9.17) is 19.7 Å². The van der Waals surface area contributed by atoms with E-state index in [-0.39, 0.29) is 17.7 Å². The number of ether oxygens (including phenoxy) is 2. The predicted octanol–water partition coefficient (Wildman–Crippen LogP) is 2.48. The summed E-state index contributed by atoms with van der Waals surface area (Å²) < 4.78 is 18.0. The fourth-order valence-corrected chi connectivity index (χ4v) is 4.58. The van der Waals surface area contributed by atoms with Gasteiger partial charge in [0.2, 0.25) is 16.9 Å². The molecule has 1 unspecified atom stereocenters. The van der Waals surface area contributed by atoms with Gasteiger partial charge < -0.3 is 24.6 Å². The van der Waals surface area contributed by atoms with Gasteiger partial charge in [0.15, 0.2) is 17.3 Å². The molecule has 2 aliphatic heterocycles. The van der Waals surface area contributed by atoms with E-state index in [9.17, 15) is 4.79 Å². The molecule has 10 heteroatoms. The number of rotatable bonds is 5. The average molecular weight is 427 g/mol. The summed E-state index contributed by atoms with van der Waals surface area (Å²) in [4.78, 5) is 14.9. The molecule has 1 amide bonds. The smallest absolute Gasteiger partial charge is 0.233 e. The SMILES string of the molecule is Nn1c(SCC(=O)N2CCCC2c2ccc3c(c2)OCCO3)nnc1-c1ccco1. The second-order valence-corrected chi connectivity index (χ2v) is 8.03. The molecular formula is C20H21N5O4S. The van der Waals surface area contributed by atoms with Gasteiger partial charge in [0.05, 0.1) is 18.1 Å². The molecule has 30 heavy (non-hydrogen) atoms. The maximum absolute atomic E-state index is 13.0. The van der Waals surface area contributed by atoms with Crippen molar-refractivity contribution in [1.29, 1.82) is 0 Å². The molecule has 1 atom stereocenters. The van der Waals surface area contributed by atoms with Crippen LogP contribution in [0, 0.1) is 0 Å². The summed E-state index contributed by atoms with van der Waals surface area (Å²) in [7, 11) is 0. The van der Waals surface area contributed by atoms with E-state index >= 15 is 0 Å². The molecule has 2 N–H and O–H groups in total. The number of amides is 1. The molecule has 2 aromatic heterocycles. The van der Waals surface area contributed by atoms with Crippen molar-refractivity contribution >= 4 is 17.7 Å². The Kier molecular flexibility index (Phi) is 4.99. The van der Waals surface area contributed by atoms with E-state index in [0.717, 1.165) is 36.4 Å². The van der Waals surface area contributed by atoms with E-state index in [1.165, 1.54) is 16.4 Å². The molecule has 1 aromatic carbocycles. The molecule has 4 heterocycles. The lowest BCUT2D eigenvalue weighted by Crippen LogP contribution is -2.32. The van der Waals surface area contributed by atoms with E-state index in [2.05, 4.69) is 10.2 Å². The number of thioether (sulfide) groups is 1. The highest BCUT2D eigenvalue weighted by molar-refractivity contribution is 7.99. The molecule has 5 rings (SSSR count). The highest BCUT2D eigenvalue weighted by Gasteiger charge is 2.31. The van der Waals surface area contributed by atoms with Crippen molar-refractivity contribution in [3.63, 3.8) is 0 Å². The van der Waals surface area contributed by atoms with Crippen molar-refractivity contribution in [2.24, 2.45) is 0 Å². The van der Waals surface area contributed by atoms with Crippen LogP contribution in [0.4, 0.5) is 0 Å². The van der Waals surface area contributed by atoms with E-state index in [1.54, 1.807) is 18.4 Å². The van der Waals surface area contributed by atoms with Gasteiger partial charge >= 0.3 is 0 Å². The minimum absolute atomic E-state index is 0.0309. The van der Waals surface area contributed by atoms with Crippen LogP contribution in [0.1, 0.15) is 24.4 Å². The maximum atomic E-state index is 13.0. The normalized spacial score (nSPS) is 18.0. The molecule has 1 fully saturated rings. The highest BCUT2D eigenvalue weighted by atomic mass is 32.2. The number of fused-ring (bicyclic) bond motifs is 1. The zero-order valence-corrected chi connectivity index (χ0v) is 17.0. The first-order valence-electron chi connectivity index (χ1n) is 9.77. The monoisotopic (exact) mass is 427 g/mol. The van der Waals surface area contributed by atoms with Crippen molar-refractivity contribution < 1.29 is 18.7 Å². The molecule has 0 saturated carbocycles. The lowest BCUT2D eigenvalue weighted by atomic mass is 10.0. The molecule has 9 nitrogen and oxygen atoms in total. The summed E-state index contributed by atoms with van der Waals surface area (Å²) in [5.74, 6) is 8.80. The Labute approximate surface area is 177 Å². The number of nitrogens with two attached hydrogens (primary N) is 1. The van der Waals surface area contributed by atoms with Crippen molar-refractivity contribution in [3.8, 4) is 23.1 Å². The summed E-state index contributed by atoms with van der Waals surface area (Å²) in [6.45, 7) is 1.83. The minimum atomic E-state index is 0.0309. The van der Waals surface area contributed by atoms with Gasteiger partial charge in [-0.1, -0.05) is 17.8 Å². The fourth-order valence-electron chi connectivity index (χ4n) is 3.84. The third-order valence-electron chi connectivity index (χ3n) is 5.25. The van der Waals surface area contributed by atoms with Crippen LogP contribution in [0.15, 0.2) is 46.2 Å². The number of hydrogen-bond donors (Lipinski definition) is 1. The van der Waals surface area contributed by atoms with Crippen LogP contribution in [0.2, 0.25) is 0 Å². The standard InChI is InChI=1S/C20H21N5O4S/c21-25-19(16-4-2-8-27-16)22-23-20(25)30-12-18(26)24-7-1-3-14(24)13-5-6-15-17(11-13)29-10-9-28-15/h2,4-6,8,11,14H,1,3,7,9-10,12,21H2. The van der Waals surface area contributed by atoms with Gasteiger partial charge in [-0.25, -0.2) is 4.68 Å². The van der Waals surface area contributed by atoms with Gasteiger partial charge in [-0.15, -0.1) is 10.2 Å². The topological polar surface area (TPSA) is 109 Å². The number of aromatic nitrogens is 3. The highest BCUT2D eigenvalue weighted by Crippen LogP contribution is 2.38. The zero-order valence-electron chi connectivity index (χ0n) is 16.2. The second-order valence-electron chi connectivity index (χ2n) is 7.09. The summed E-state index contributed by atoms with van der Waals surface area (Å²) >= 11 is 1.27. The van der Waals surface area contributed by atoms with Gasteiger partial charge in [0.1, 0.15) is 13.2 Å². The number of benzene rings is 1. The van der Waals surface area contributed by atoms with E-state index in [1.807, 2.05) is 23.1 Å². The predicted molar refractivity (Wildman–Crippen MR) is 110 cm³/mol. The number of carbonyl (C=O) groups excluding carboxylic acids is 1. The van der Waals surface area contributed by atoms with Crippen molar-refractivity contribution in [2.45, 2.75) is 24.0 Å². The number of carbonyl (C=O) groups is 1. The first kappa shape index (κ1) is 18.9. The van der Waals surface area contributed by atoms with E-state index < -0.39 is 0 Å². The molecule has 0 aliphatic carbocycles. The maximum Gasteiger partial charge on any atom is 0.233 e. The Morgan fingerprint density at radius 3 is 2.90 bits per heavy atom. The lowest BCUT2D eigenvalue weighted by Gasteiger charge is -2.26. The number of nitrogen functional groups attached to an aromatic ring is 1. The van der Waals surface area contributed by atoms with Crippen molar-refractivity contribution in [3.05, 3.63) is 42.2 Å². The lowest BCUT2D eigenvalue weighted by molar-refractivity contribution is -0.129. The Balaban J connectivity index is 1.27. The average Bonchev–Trinajstić information content (AvgIpc) is 3.53. The summed E-state index contributed by atoms with van der Waals surface area (Å²) in [6, 6.07) is 9.48. The van der Waals surface area contributed by atoms with Crippen LogP contribution in [-0.4, -0.2) is 51.2 Å². The van der Waals surface area contributed by atoms with Crippen LogP contribution in [0.25, 0.3) is 11.6 Å². The Morgan fingerprint density at radius 2 is 2.07 bits per heavy atom. The largest absolute Gasteiger partial charge is 0.486 e. The van der Waals surface area contributed by atoms with Gasteiger partial charge in [-0.3, -0.25) is 4.79 Å². The van der Waals surface area contributed by atoms with Crippen LogP contribution < -0.4 is 15.3 Å². The number of likely N-dealkylation sites (tertiary alicyclic amines) is 1. The molecule has 156 valence electrons. The number of nitrogens with zero attached hydrogens (tertiary/aromatic N) is 4. The van der Waals surface area contributed by atoms with Gasteiger partial charge in [0, 0.05) is 6.54 Å². The van der Waals surface area contributed by atoms with Crippen molar-refractivity contribution in [2.75, 3.05) is 31.4 Å². The number of hydrogen-bond acceptors (Lipinski definition) is 8. The summed E-state index contributed by atoms with van der Waals surface area (Å²) in [6.07, 6.45) is 3.43. The van der Waals surface area contributed by atoms with Crippen LogP contribution in [0.3, 0.4) is 0 Å². The van der Waals surface area contributed by atoms with Crippen LogP contribution >= 0.6 is 11.8 Å². The molecule has 3 aromatic rings. The summed E-state index contributed by atoms with van der Waals surface area (Å²) in [5.41, 5.74) is 1.07. The molecule has 0 spiro atoms. The Hall–Kier alpha value is -3.14. The second kappa shape index (κ2) is 7.94.